The van der Waals surface area contributed by atoms with Crippen LogP contribution in [0.15, 0.2) is 17.5 Å². The summed E-state index contributed by atoms with van der Waals surface area (Å²) in [6.07, 6.45) is 2.37. The molecule has 0 bridgehead atoms. The van der Waals surface area contributed by atoms with Crippen LogP contribution in [0.1, 0.15) is 32.1 Å². The van der Waals surface area contributed by atoms with Crippen LogP contribution in [0.5, 0.6) is 0 Å². The lowest BCUT2D eigenvalue weighted by molar-refractivity contribution is 0.149. The summed E-state index contributed by atoms with van der Waals surface area (Å²) in [4.78, 5) is 3.99. The molecule has 1 N–H and O–H groups in total. The van der Waals surface area contributed by atoms with Gasteiger partial charge < -0.3 is 10.2 Å². The summed E-state index contributed by atoms with van der Waals surface area (Å²) in [6.45, 7) is 9.22. The van der Waals surface area contributed by atoms with E-state index in [0.29, 0.717) is 11.5 Å². The van der Waals surface area contributed by atoms with Gasteiger partial charge in [-0.1, -0.05) is 19.9 Å². The van der Waals surface area contributed by atoms with Crippen LogP contribution < -0.4 is 5.32 Å². The maximum Gasteiger partial charge on any atom is 0.0112 e. The Morgan fingerprint density at radius 1 is 1.50 bits per heavy atom. The van der Waals surface area contributed by atoms with Gasteiger partial charge in [0.15, 0.2) is 0 Å². The molecule has 0 aliphatic carbocycles. The maximum absolute atomic E-state index is 3.32. The summed E-state index contributed by atoms with van der Waals surface area (Å²) in [5, 5.41) is 5.49. The molecule has 0 aliphatic rings. The van der Waals surface area contributed by atoms with Gasteiger partial charge >= 0.3 is 0 Å². The van der Waals surface area contributed by atoms with Gasteiger partial charge in [0.2, 0.25) is 0 Å². The van der Waals surface area contributed by atoms with Crippen molar-refractivity contribution in [2.45, 2.75) is 39.7 Å². The van der Waals surface area contributed by atoms with E-state index >= 15 is 0 Å². The quantitative estimate of drug-likeness (QED) is 0.778. The summed E-state index contributed by atoms with van der Waals surface area (Å²) >= 11 is 1.86. The smallest absolute Gasteiger partial charge is 0.0112 e. The van der Waals surface area contributed by atoms with Gasteiger partial charge in [0.05, 0.1) is 0 Å². The number of rotatable bonds is 8. The second-order valence-electron chi connectivity index (χ2n) is 5.74. The predicted octanol–water partition coefficient (Wildman–Crippen LogP) is 3.25. The summed E-state index contributed by atoms with van der Waals surface area (Å²) in [5.41, 5.74) is 0.368. The Kier molecular flexibility index (Phi) is 6.33. The Labute approximate surface area is 116 Å². The Bertz CT molecular complexity index is 323. The fourth-order valence-electron chi connectivity index (χ4n) is 2.35. The molecule has 1 heterocycles. The molecular weight excluding hydrogens is 240 g/mol. The van der Waals surface area contributed by atoms with Gasteiger partial charge in [0, 0.05) is 24.0 Å². The molecule has 1 aromatic rings. The average molecular weight is 268 g/mol. The van der Waals surface area contributed by atoms with Crippen molar-refractivity contribution in [2.75, 3.05) is 27.2 Å². The van der Waals surface area contributed by atoms with Gasteiger partial charge in [-0.2, -0.15) is 0 Å². The number of hydrogen-bond donors (Lipinski definition) is 1. The first-order valence-electron chi connectivity index (χ1n) is 6.88. The predicted molar refractivity (Wildman–Crippen MR) is 82.4 cm³/mol. The lowest BCUT2D eigenvalue weighted by Gasteiger charge is -2.35. The summed E-state index contributed by atoms with van der Waals surface area (Å²) in [5.74, 6) is 0. The molecule has 0 aromatic carbocycles. The Morgan fingerprint density at radius 2 is 2.22 bits per heavy atom. The van der Waals surface area contributed by atoms with E-state index in [4.69, 9.17) is 0 Å². The highest BCUT2D eigenvalue weighted by Crippen LogP contribution is 2.23. The van der Waals surface area contributed by atoms with Crippen LogP contribution in [0.4, 0.5) is 0 Å². The number of nitrogens with zero attached hydrogens (tertiary/aromatic N) is 1. The third-order valence-corrected chi connectivity index (χ3v) is 4.82. The van der Waals surface area contributed by atoms with E-state index in [-0.39, 0.29) is 0 Å². The van der Waals surface area contributed by atoms with Gasteiger partial charge in [0.25, 0.3) is 0 Å². The molecule has 0 radical (unpaired) electrons. The highest BCUT2D eigenvalue weighted by atomic mass is 32.1. The Balaban J connectivity index is 2.50. The number of hydrogen-bond acceptors (Lipinski definition) is 3. The minimum absolute atomic E-state index is 0.368. The van der Waals surface area contributed by atoms with Crippen LogP contribution in [0.2, 0.25) is 0 Å². The van der Waals surface area contributed by atoms with Crippen LogP contribution in [0.3, 0.4) is 0 Å². The topological polar surface area (TPSA) is 15.3 Å². The molecular formula is C15H28N2S. The van der Waals surface area contributed by atoms with Gasteiger partial charge in [-0.3, -0.25) is 0 Å². The minimum atomic E-state index is 0.368. The fourth-order valence-corrected chi connectivity index (χ4v) is 3.18. The van der Waals surface area contributed by atoms with Crippen LogP contribution in [-0.4, -0.2) is 38.1 Å². The van der Waals surface area contributed by atoms with Crippen molar-refractivity contribution in [3.05, 3.63) is 22.4 Å². The van der Waals surface area contributed by atoms with E-state index in [1.165, 1.54) is 11.3 Å². The zero-order chi connectivity index (χ0) is 13.6. The summed E-state index contributed by atoms with van der Waals surface area (Å²) in [7, 11) is 4.30. The van der Waals surface area contributed by atoms with Gasteiger partial charge in [-0.25, -0.2) is 0 Å². The molecule has 0 amide bonds. The first-order valence-corrected chi connectivity index (χ1v) is 7.76. The number of nitrogens with one attached hydrogen (secondary N) is 1. The van der Waals surface area contributed by atoms with Crippen LogP contribution in [-0.2, 0) is 6.42 Å². The Morgan fingerprint density at radius 3 is 2.72 bits per heavy atom. The summed E-state index contributed by atoms with van der Waals surface area (Å²) < 4.78 is 0. The first-order chi connectivity index (χ1) is 8.50. The molecule has 1 aromatic heterocycles. The molecule has 18 heavy (non-hydrogen) atoms. The molecule has 0 saturated carbocycles. The molecule has 0 aliphatic heterocycles. The van der Waals surface area contributed by atoms with Crippen molar-refractivity contribution in [3.8, 4) is 0 Å². The number of thiophene rings is 1. The lowest BCUT2D eigenvalue weighted by atomic mass is 9.86. The molecule has 2 nitrogen and oxygen atoms in total. The number of likely N-dealkylation sites (N-methyl/N-ethyl adjacent to an activating group) is 1. The van der Waals surface area contributed by atoms with Crippen molar-refractivity contribution in [3.63, 3.8) is 0 Å². The highest BCUT2D eigenvalue weighted by molar-refractivity contribution is 7.09. The third kappa shape index (κ3) is 4.71. The average Bonchev–Trinajstić information content (AvgIpc) is 2.82. The van der Waals surface area contributed by atoms with Crippen LogP contribution >= 0.6 is 11.3 Å². The summed E-state index contributed by atoms with van der Waals surface area (Å²) in [6, 6.07) is 4.98. The minimum Gasteiger partial charge on any atom is -0.319 e. The molecule has 0 fully saturated rings. The van der Waals surface area contributed by atoms with Crippen LogP contribution in [0.25, 0.3) is 0 Å². The van der Waals surface area contributed by atoms with Gasteiger partial charge in [-0.15, -0.1) is 11.3 Å². The second kappa shape index (κ2) is 7.27. The lowest BCUT2D eigenvalue weighted by Crippen LogP contribution is -2.43. The highest BCUT2D eigenvalue weighted by Gasteiger charge is 2.25. The standard InChI is InChI=1S/C15H28N2S/c1-6-15(3,11-16-4)12-17(5)13(2)10-14-8-7-9-18-14/h7-9,13,16H,6,10-12H2,1-5H3. The van der Waals surface area contributed by atoms with E-state index in [9.17, 15) is 0 Å². The Hall–Kier alpha value is -0.380. The van der Waals surface area contributed by atoms with Crippen LogP contribution in [0, 0.1) is 5.41 Å². The van der Waals surface area contributed by atoms with Gasteiger partial charge in [-0.05, 0) is 50.7 Å². The SMILES string of the molecule is CCC(C)(CNC)CN(C)C(C)Cc1cccs1. The maximum atomic E-state index is 3.32. The van der Waals surface area contributed by atoms with E-state index < -0.39 is 0 Å². The molecule has 0 saturated heterocycles. The normalized spacial score (nSPS) is 16.8. The molecule has 104 valence electrons. The largest absolute Gasteiger partial charge is 0.319 e. The fraction of sp³-hybridized carbons (Fsp3) is 0.733. The van der Waals surface area contributed by atoms with E-state index in [2.05, 4.69) is 55.5 Å². The van der Waals surface area contributed by atoms with E-state index in [1.807, 2.05) is 18.4 Å². The van der Waals surface area contributed by atoms with Crippen molar-refractivity contribution in [2.24, 2.45) is 5.41 Å². The molecule has 1 rings (SSSR count). The molecule has 2 unspecified atom stereocenters. The zero-order valence-corrected chi connectivity index (χ0v) is 13.3. The molecule has 0 spiro atoms. The van der Waals surface area contributed by atoms with Gasteiger partial charge in [0.1, 0.15) is 0 Å². The van der Waals surface area contributed by atoms with Crippen molar-refractivity contribution in [1.82, 2.24) is 10.2 Å². The monoisotopic (exact) mass is 268 g/mol. The van der Waals surface area contributed by atoms with Crippen molar-refractivity contribution >= 4 is 11.3 Å². The first kappa shape index (κ1) is 15.7. The molecule has 3 heteroatoms. The van der Waals surface area contributed by atoms with E-state index in [0.717, 1.165) is 19.5 Å². The zero-order valence-electron chi connectivity index (χ0n) is 12.5. The second-order valence-corrected chi connectivity index (χ2v) is 6.77. The van der Waals surface area contributed by atoms with Crippen molar-refractivity contribution in [1.29, 1.82) is 0 Å². The molecule has 2 atom stereocenters. The third-order valence-electron chi connectivity index (χ3n) is 3.92. The van der Waals surface area contributed by atoms with E-state index in [1.54, 1.807) is 0 Å². The van der Waals surface area contributed by atoms with Crippen molar-refractivity contribution < 1.29 is 0 Å².